The molecule has 1 fully saturated rings. The lowest BCUT2D eigenvalue weighted by atomic mass is 9.86. The van der Waals surface area contributed by atoms with Crippen LogP contribution < -0.4 is 10.8 Å². The predicted molar refractivity (Wildman–Crippen MR) is 97.1 cm³/mol. The summed E-state index contributed by atoms with van der Waals surface area (Å²) in [6.07, 6.45) is 1.23. The fraction of sp³-hybridized carbons (Fsp3) is 0.412. The van der Waals surface area contributed by atoms with Crippen LogP contribution in [0, 0.1) is 12.3 Å². The highest BCUT2D eigenvalue weighted by molar-refractivity contribution is 7.19. The smallest absolute Gasteiger partial charge is 0.325 e. The van der Waals surface area contributed by atoms with Gasteiger partial charge in [-0.3, -0.25) is 4.79 Å². The van der Waals surface area contributed by atoms with Crippen LogP contribution in [0.5, 0.6) is 0 Å². The van der Waals surface area contributed by atoms with Gasteiger partial charge in [0, 0.05) is 23.7 Å². The van der Waals surface area contributed by atoms with Crippen LogP contribution in [0.3, 0.4) is 0 Å². The van der Waals surface area contributed by atoms with Crippen molar-refractivity contribution in [2.75, 3.05) is 18.0 Å². The second kappa shape index (κ2) is 6.70. The molecule has 2 aromatic rings. The molecule has 1 atom stereocenters. The number of thiazole rings is 1. The Kier molecular flexibility index (Phi) is 4.80. The van der Waals surface area contributed by atoms with E-state index in [0.717, 1.165) is 45.8 Å². The van der Waals surface area contributed by atoms with Gasteiger partial charge in [0.1, 0.15) is 0 Å². The van der Waals surface area contributed by atoms with Crippen molar-refractivity contribution in [3.8, 4) is 10.4 Å². The van der Waals surface area contributed by atoms with Crippen molar-refractivity contribution in [3.63, 3.8) is 0 Å². The van der Waals surface area contributed by atoms with E-state index in [0.29, 0.717) is 6.42 Å². The molecule has 7 heteroatoms. The molecule has 24 heavy (non-hydrogen) atoms. The lowest BCUT2D eigenvalue weighted by molar-refractivity contribution is -0.146. The maximum atomic E-state index is 11.5. The highest BCUT2D eigenvalue weighted by Crippen LogP contribution is 2.42. The molecule has 0 radical (unpaired) electrons. The van der Waals surface area contributed by atoms with E-state index in [-0.39, 0.29) is 11.4 Å². The lowest BCUT2D eigenvalue weighted by Gasteiger charge is -2.22. The molecule has 0 amide bonds. The number of hydrogen-bond donors (Lipinski definition) is 1. The third kappa shape index (κ3) is 3.41. The van der Waals surface area contributed by atoms with Gasteiger partial charge in [0.05, 0.1) is 17.0 Å². The molecule has 5 nitrogen and oxygen atoms in total. The molecule has 0 bridgehead atoms. The molecule has 2 heterocycles. The van der Waals surface area contributed by atoms with E-state index in [9.17, 15) is 4.79 Å². The fourth-order valence-electron chi connectivity index (χ4n) is 3.13. The predicted octanol–water partition coefficient (Wildman–Crippen LogP) is 3.80. The van der Waals surface area contributed by atoms with Crippen molar-refractivity contribution < 1.29 is 9.63 Å². The second-order valence-electron chi connectivity index (χ2n) is 6.54. The summed E-state index contributed by atoms with van der Waals surface area (Å²) in [5.74, 6) is 4.60. The van der Waals surface area contributed by atoms with Gasteiger partial charge in [-0.1, -0.05) is 48.1 Å². The number of carbonyl (C=O) groups is 1. The van der Waals surface area contributed by atoms with Gasteiger partial charge in [-0.25, -0.2) is 4.98 Å². The Morgan fingerprint density at radius 2 is 2.25 bits per heavy atom. The third-order valence-corrected chi connectivity index (χ3v) is 6.02. The minimum Gasteiger partial charge on any atom is -0.373 e. The normalized spacial score (nSPS) is 20.4. The lowest BCUT2D eigenvalue weighted by Crippen LogP contribution is -2.28. The third-order valence-electron chi connectivity index (χ3n) is 4.43. The van der Waals surface area contributed by atoms with Crippen molar-refractivity contribution >= 4 is 34.0 Å². The van der Waals surface area contributed by atoms with Crippen molar-refractivity contribution in [2.24, 2.45) is 11.3 Å². The molecule has 0 aliphatic carbocycles. The van der Waals surface area contributed by atoms with Crippen molar-refractivity contribution in [1.82, 2.24) is 4.98 Å². The summed E-state index contributed by atoms with van der Waals surface area (Å²) in [5, 5.41) is 1.69. The number of anilines is 1. The number of carbonyl (C=O) groups excluding carboxylic acids is 1. The molecule has 0 saturated carbocycles. The number of aromatic nitrogens is 1. The minimum absolute atomic E-state index is 0.138. The quantitative estimate of drug-likeness (QED) is 0.835. The van der Waals surface area contributed by atoms with Gasteiger partial charge >= 0.3 is 5.97 Å². The molecule has 1 aromatic heterocycles. The standard InChI is InChI=1S/C17H20ClN3O2S/c1-11-15(12-5-3-4-6-13(12)18)24-16(20-11)21-8-7-17(2,10-21)9-14(22)23-19/h3-6H,7-10,19H2,1-2H3. The Labute approximate surface area is 150 Å². The molecule has 128 valence electrons. The number of nitrogens with zero attached hydrogens (tertiary/aromatic N) is 2. The molecular weight excluding hydrogens is 346 g/mol. The van der Waals surface area contributed by atoms with Crippen LogP contribution in [0.15, 0.2) is 24.3 Å². The zero-order chi connectivity index (χ0) is 17.3. The molecular formula is C17H20ClN3O2S. The highest BCUT2D eigenvalue weighted by atomic mass is 35.5. The Balaban J connectivity index is 1.81. The summed E-state index contributed by atoms with van der Waals surface area (Å²) >= 11 is 7.96. The molecule has 3 rings (SSSR count). The summed E-state index contributed by atoms with van der Waals surface area (Å²) < 4.78 is 0. The van der Waals surface area contributed by atoms with Crippen molar-refractivity contribution in [3.05, 3.63) is 35.0 Å². The summed E-state index contributed by atoms with van der Waals surface area (Å²) in [7, 11) is 0. The number of halogens is 1. The van der Waals surface area contributed by atoms with E-state index in [2.05, 4.69) is 16.7 Å². The molecule has 1 aromatic carbocycles. The van der Waals surface area contributed by atoms with Gasteiger partial charge in [-0.05, 0) is 24.8 Å². The topological polar surface area (TPSA) is 68.5 Å². The van der Waals surface area contributed by atoms with Gasteiger partial charge in [0.25, 0.3) is 0 Å². The van der Waals surface area contributed by atoms with E-state index in [4.69, 9.17) is 22.5 Å². The molecule has 2 N–H and O–H groups in total. The Morgan fingerprint density at radius 1 is 1.50 bits per heavy atom. The molecule has 1 saturated heterocycles. The number of aryl methyl sites for hydroxylation is 1. The van der Waals surface area contributed by atoms with Crippen LogP contribution in [-0.4, -0.2) is 24.0 Å². The zero-order valence-electron chi connectivity index (χ0n) is 13.7. The van der Waals surface area contributed by atoms with Gasteiger partial charge in [0.15, 0.2) is 5.13 Å². The average Bonchev–Trinajstić information content (AvgIpc) is 3.11. The number of nitrogens with two attached hydrogens (primary N) is 1. The monoisotopic (exact) mass is 365 g/mol. The molecule has 1 aliphatic rings. The van der Waals surface area contributed by atoms with Crippen molar-refractivity contribution in [1.29, 1.82) is 0 Å². The van der Waals surface area contributed by atoms with Crippen LogP contribution in [-0.2, 0) is 9.63 Å². The van der Waals surface area contributed by atoms with Gasteiger partial charge in [-0.15, -0.1) is 0 Å². The summed E-state index contributed by atoms with van der Waals surface area (Å²) in [5.41, 5.74) is 1.84. The fourth-order valence-corrected chi connectivity index (χ4v) is 4.55. The highest BCUT2D eigenvalue weighted by Gasteiger charge is 2.37. The SMILES string of the molecule is Cc1nc(N2CCC(C)(CC(=O)ON)C2)sc1-c1ccccc1Cl. The maximum Gasteiger partial charge on any atom is 0.325 e. The van der Waals surface area contributed by atoms with Gasteiger partial charge in [-0.2, -0.15) is 5.90 Å². The van der Waals surface area contributed by atoms with Gasteiger partial charge in [0.2, 0.25) is 0 Å². The summed E-state index contributed by atoms with van der Waals surface area (Å²) in [6.45, 7) is 5.71. The minimum atomic E-state index is -0.369. The Hall–Kier alpha value is -1.63. The molecule has 1 unspecified atom stereocenters. The van der Waals surface area contributed by atoms with Crippen LogP contribution >= 0.6 is 22.9 Å². The average molecular weight is 366 g/mol. The van der Waals surface area contributed by atoms with Gasteiger partial charge < -0.3 is 9.74 Å². The van der Waals surface area contributed by atoms with E-state index in [1.807, 2.05) is 31.2 Å². The second-order valence-corrected chi connectivity index (χ2v) is 7.92. The molecule has 0 spiro atoms. The van der Waals surface area contributed by atoms with Crippen LogP contribution in [0.2, 0.25) is 5.02 Å². The summed E-state index contributed by atoms with van der Waals surface area (Å²) in [6, 6.07) is 7.80. The maximum absolute atomic E-state index is 11.5. The Morgan fingerprint density at radius 3 is 2.96 bits per heavy atom. The van der Waals surface area contributed by atoms with E-state index in [1.54, 1.807) is 11.3 Å². The first-order chi connectivity index (χ1) is 11.4. The first kappa shape index (κ1) is 17.2. The number of rotatable bonds is 4. The van der Waals surface area contributed by atoms with Crippen molar-refractivity contribution in [2.45, 2.75) is 26.7 Å². The zero-order valence-corrected chi connectivity index (χ0v) is 15.3. The van der Waals surface area contributed by atoms with Crippen LogP contribution in [0.25, 0.3) is 10.4 Å². The van der Waals surface area contributed by atoms with Crippen LogP contribution in [0.4, 0.5) is 5.13 Å². The first-order valence-electron chi connectivity index (χ1n) is 7.79. The van der Waals surface area contributed by atoms with E-state index >= 15 is 0 Å². The van der Waals surface area contributed by atoms with Crippen LogP contribution in [0.1, 0.15) is 25.5 Å². The van der Waals surface area contributed by atoms with E-state index < -0.39 is 0 Å². The summed E-state index contributed by atoms with van der Waals surface area (Å²) in [4.78, 5) is 23.9. The van der Waals surface area contributed by atoms with E-state index in [1.165, 1.54) is 0 Å². The number of benzene rings is 1. The Bertz CT molecular complexity index is 764. The first-order valence-corrected chi connectivity index (χ1v) is 8.98. The number of hydrogen-bond acceptors (Lipinski definition) is 6. The molecule has 1 aliphatic heterocycles. The largest absolute Gasteiger partial charge is 0.373 e.